The third-order valence-corrected chi connectivity index (χ3v) is 10.00. The maximum atomic E-state index is 2.38. The number of rotatable bonds is 2. The van der Waals surface area contributed by atoms with E-state index in [0.29, 0.717) is 24.6 Å². The predicted molar refractivity (Wildman–Crippen MR) is 47.7 cm³/mol. The van der Waals surface area contributed by atoms with Gasteiger partial charge in [-0.2, -0.15) is 0 Å². The molecule has 1 heterocycles. The molecule has 72 valence electrons. The summed E-state index contributed by atoms with van der Waals surface area (Å²) in [4.78, 5) is 0. The molecule has 1 saturated heterocycles. The summed E-state index contributed by atoms with van der Waals surface area (Å²) >= 11 is 0.350. The minimum absolute atomic E-state index is 0. The van der Waals surface area contributed by atoms with Gasteiger partial charge < -0.3 is 24.8 Å². The van der Waals surface area contributed by atoms with Crippen LogP contribution in [0, 0.1) is 0 Å². The van der Waals surface area contributed by atoms with E-state index in [-0.39, 0.29) is 24.8 Å². The van der Waals surface area contributed by atoms with Crippen molar-refractivity contribution < 1.29 is 43.5 Å². The van der Waals surface area contributed by atoms with Crippen molar-refractivity contribution in [2.24, 2.45) is 0 Å². The topological polar surface area (TPSA) is 0 Å². The predicted octanol–water partition coefficient (Wildman–Crippen LogP) is -2.89. The minimum Gasteiger partial charge on any atom is -1.00 e. The van der Waals surface area contributed by atoms with Crippen molar-refractivity contribution in [3.8, 4) is 0 Å². The number of allylic oxidation sites excluding steroid dienone is 4. The Bertz CT molecular complexity index is 198. The molecule has 0 aromatic carbocycles. The Morgan fingerprint density at radius 1 is 1.15 bits per heavy atom. The number of hydrogen-bond donors (Lipinski definition) is 0. The molecule has 1 aliphatic carbocycles. The molecule has 0 atom stereocenters. The van der Waals surface area contributed by atoms with E-state index < -0.39 is 0 Å². The van der Waals surface area contributed by atoms with Gasteiger partial charge in [0.2, 0.25) is 0 Å². The van der Waals surface area contributed by atoms with Crippen molar-refractivity contribution in [2.75, 3.05) is 12.3 Å². The normalized spacial score (nSPS) is 20.2. The van der Waals surface area contributed by atoms with Crippen LogP contribution in [0.5, 0.6) is 0 Å². The first-order valence-corrected chi connectivity index (χ1v) is 8.91. The summed E-state index contributed by atoms with van der Waals surface area (Å²) in [5.74, 6) is 0.561. The number of halogens is 2. The molecule has 0 N–H and O–H groups in total. The molecular weight excluding hydrogens is 258 g/mol. The van der Waals surface area contributed by atoms with Crippen LogP contribution in [0.2, 0.25) is 0 Å². The van der Waals surface area contributed by atoms with Crippen LogP contribution in [-0.2, 0) is 18.6 Å². The first-order valence-electron chi connectivity index (χ1n) is 4.32. The Kier molecular flexibility index (Phi) is 8.18. The van der Waals surface area contributed by atoms with Crippen molar-refractivity contribution in [3.63, 3.8) is 0 Å². The van der Waals surface area contributed by atoms with E-state index in [0.717, 1.165) is 0 Å². The summed E-state index contributed by atoms with van der Waals surface area (Å²) in [7, 11) is 0. The Hall–Kier alpha value is 1.20. The van der Waals surface area contributed by atoms with Crippen molar-refractivity contribution in [3.05, 3.63) is 22.1 Å². The van der Waals surface area contributed by atoms with Crippen LogP contribution >= 0.6 is 5.91 Å². The molecule has 0 aromatic heterocycles. The van der Waals surface area contributed by atoms with Gasteiger partial charge in [-0.05, 0) is 0 Å². The third-order valence-electron chi connectivity index (χ3n) is 2.18. The second-order valence-electron chi connectivity index (χ2n) is 3.13. The van der Waals surface area contributed by atoms with E-state index in [1.165, 1.54) is 19.3 Å². The first kappa shape index (κ1) is 14.2. The molecule has 0 radical (unpaired) electrons. The smallest absolute Gasteiger partial charge is 1.00 e. The molecule has 2 aliphatic rings. The van der Waals surface area contributed by atoms with Crippen LogP contribution in [-0.4, -0.2) is 12.3 Å². The van der Waals surface area contributed by atoms with Crippen LogP contribution in [0.4, 0.5) is 0 Å². The summed E-state index contributed by atoms with van der Waals surface area (Å²) in [6.07, 6.45) is 14.5. The molecule has 0 amide bonds. The monoisotopic (exact) mass is 270 g/mol. The van der Waals surface area contributed by atoms with Gasteiger partial charge in [-0.25, -0.2) is 0 Å². The van der Waals surface area contributed by atoms with Crippen LogP contribution in [0.15, 0.2) is 22.1 Å². The summed E-state index contributed by atoms with van der Waals surface area (Å²) < 4.78 is 1.82. The zero-order chi connectivity index (χ0) is 7.52. The second-order valence-corrected chi connectivity index (χ2v) is 10.3. The van der Waals surface area contributed by atoms with Gasteiger partial charge in [-0.15, -0.1) is 0 Å². The van der Waals surface area contributed by atoms with E-state index >= 15 is 0 Å². The quantitative estimate of drug-likeness (QED) is 0.374. The molecule has 0 nitrogen and oxygen atoms in total. The summed E-state index contributed by atoms with van der Waals surface area (Å²) in [6, 6.07) is 0. The molecule has 4 heteroatoms. The van der Waals surface area contributed by atoms with Gasteiger partial charge in [0, 0.05) is 0 Å². The Balaban J connectivity index is 0.000000720. The van der Waals surface area contributed by atoms with Gasteiger partial charge in [-0.3, -0.25) is 0 Å². The molecule has 1 fully saturated rings. The number of hydrogen-bond acceptors (Lipinski definition) is 0. The van der Waals surface area contributed by atoms with E-state index in [9.17, 15) is 0 Å². The largest absolute Gasteiger partial charge is 1.00 e. The fourth-order valence-electron chi connectivity index (χ4n) is 1.56. The van der Waals surface area contributed by atoms with Crippen LogP contribution in [0.25, 0.3) is 0 Å². The van der Waals surface area contributed by atoms with Gasteiger partial charge >= 0.3 is 78.2 Å². The average Bonchev–Trinajstić information content (AvgIpc) is 2.60. The van der Waals surface area contributed by atoms with E-state index in [1.807, 2.05) is 3.88 Å². The molecule has 0 bridgehead atoms. The third kappa shape index (κ3) is 4.49. The zero-order valence-electron chi connectivity index (χ0n) is 7.47. The van der Waals surface area contributed by atoms with Crippen LogP contribution < -0.4 is 24.8 Å². The Morgan fingerprint density at radius 3 is 2.38 bits per heavy atom. The van der Waals surface area contributed by atoms with E-state index in [1.54, 1.807) is 12.3 Å². The fourth-order valence-corrected chi connectivity index (χ4v) is 9.33. The summed E-state index contributed by atoms with van der Waals surface area (Å²) in [6.45, 7) is 0. The SMILES string of the molecule is C1=CC[C]([Ti+2][P]2CCCC2)=C1.[Cl-].[Cl-]. The second kappa shape index (κ2) is 7.49. The van der Waals surface area contributed by atoms with Crippen molar-refractivity contribution in [1.29, 1.82) is 0 Å². The summed E-state index contributed by atoms with van der Waals surface area (Å²) in [5.41, 5.74) is 0. The van der Waals surface area contributed by atoms with Crippen LogP contribution in [0.1, 0.15) is 19.3 Å². The van der Waals surface area contributed by atoms with Gasteiger partial charge in [0.1, 0.15) is 0 Å². The minimum atomic E-state index is 0. The molecule has 1 aliphatic heterocycles. The van der Waals surface area contributed by atoms with Crippen LogP contribution in [0.3, 0.4) is 0 Å². The van der Waals surface area contributed by atoms with Crippen molar-refractivity contribution >= 4 is 5.91 Å². The van der Waals surface area contributed by atoms with Gasteiger partial charge in [-0.1, -0.05) is 0 Å². The average molecular weight is 271 g/mol. The van der Waals surface area contributed by atoms with Gasteiger partial charge in [0.25, 0.3) is 0 Å². The molecule has 0 spiro atoms. The first-order chi connectivity index (χ1) is 5.45. The van der Waals surface area contributed by atoms with E-state index in [4.69, 9.17) is 0 Å². The van der Waals surface area contributed by atoms with Crippen molar-refractivity contribution in [2.45, 2.75) is 19.3 Å². The molecule has 0 saturated carbocycles. The van der Waals surface area contributed by atoms with Gasteiger partial charge in [0.15, 0.2) is 0 Å². The fraction of sp³-hybridized carbons (Fsp3) is 0.556. The van der Waals surface area contributed by atoms with Gasteiger partial charge in [0.05, 0.1) is 0 Å². The van der Waals surface area contributed by atoms with Crippen molar-refractivity contribution in [1.82, 2.24) is 0 Å². The molecule has 13 heavy (non-hydrogen) atoms. The Labute approximate surface area is 103 Å². The standard InChI is InChI=1S/C5H5.C4H8P.2ClH.Ti/c2*1-2-4-5-3-1;;;/h1-3H,4H2;1-4H2;2*1H;/q;-1;;;+3/p-2. The summed E-state index contributed by atoms with van der Waals surface area (Å²) in [5, 5.41) is 0. The molecule has 0 unspecified atom stereocenters. The Morgan fingerprint density at radius 2 is 1.85 bits per heavy atom. The molecular formula is C9H13Cl2PTi. The molecule has 2 rings (SSSR count). The maximum Gasteiger partial charge on any atom is -1.00 e. The zero-order valence-corrected chi connectivity index (χ0v) is 11.4. The van der Waals surface area contributed by atoms with E-state index in [2.05, 4.69) is 18.2 Å². The maximum absolute atomic E-state index is 2.38. The molecule has 0 aromatic rings.